The van der Waals surface area contributed by atoms with Gasteiger partial charge in [0, 0.05) is 30.9 Å². The van der Waals surface area contributed by atoms with E-state index >= 15 is 0 Å². The number of benzene rings is 1. The fourth-order valence-corrected chi connectivity index (χ4v) is 3.87. The maximum atomic E-state index is 13.1. The van der Waals surface area contributed by atoms with Crippen LogP contribution in [0, 0.1) is 5.92 Å². The number of aliphatic carboxylic acids is 1. The Labute approximate surface area is 202 Å². The van der Waals surface area contributed by atoms with Gasteiger partial charge >= 0.3 is 5.97 Å². The quantitative estimate of drug-likeness (QED) is 0.187. The Balaban J connectivity index is 2.91. The first-order valence-electron chi connectivity index (χ1n) is 11.2. The number of thioether (sulfide) groups is 1. The number of hydrogen-bond acceptors (Lipinski definition) is 7. The van der Waals surface area contributed by atoms with Crippen molar-refractivity contribution < 1.29 is 14.7 Å². The van der Waals surface area contributed by atoms with E-state index in [2.05, 4.69) is 42.4 Å². The van der Waals surface area contributed by atoms with Crippen LogP contribution in [0.4, 0.5) is 0 Å². The van der Waals surface area contributed by atoms with E-state index in [-0.39, 0.29) is 18.0 Å². The van der Waals surface area contributed by atoms with Crippen LogP contribution in [0.5, 0.6) is 0 Å². The van der Waals surface area contributed by atoms with E-state index in [9.17, 15) is 14.7 Å². The molecule has 0 aliphatic carbocycles. The van der Waals surface area contributed by atoms with Crippen LogP contribution in [0.15, 0.2) is 30.3 Å². The minimum Gasteiger partial charge on any atom is -0.480 e. The molecule has 0 spiro atoms. The molecule has 0 aliphatic rings. The molecule has 7 nitrogen and oxygen atoms in total. The lowest BCUT2D eigenvalue weighted by Crippen LogP contribution is -2.55. The van der Waals surface area contributed by atoms with Crippen LogP contribution >= 0.6 is 24.4 Å². The minimum absolute atomic E-state index is 0.0407. The van der Waals surface area contributed by atoms with E-state index in [1.165, 1.54) is 0 Å². The summed E-state index contributed by atoms with van der Waals surface area (Å²) in [5, 5.41) is 19.1. The first-order chi connectivity index (χ1) is 15.3. The SMILES string of the molecule is CCC(C)[C@@H](CN[C@@H](Cc1ccccc1)C(=O)N[C@@H](CCSC)C(=O)O)NCC(N)CS. The van der Waals surface area contributed by atoms with E-state index in [0.717, 1.165) is 12.0 Å². The molecule has 0 radical (unpaired) electrons. The number of rotatable bonds is 17. The highest BCUT2D eigenvalue weighted by atomic mass is 32.2. The third-order valence-electron chi connectivity index (χ3n) is 5.62. The fraction of sp³-hybridized carbons (Fsp3) is 0.652. The number of amides is 1. The summed E-state index contributed by atoms with van der Waals surface area (Å²) in [6.07, 6.45) is 3.77. The van der Waals surface area contributed by atoms with Crippen molar-refractivity contribution in [2.24, 2.45) is 11.7 Å². The molecule has 32 heavy (non-hydrogen) atoms. The number of nitrogens with two attached hydrogens (primary N) is 1. The van der Waals surface area contributed by atoms with Crippen LogP contribution < -0.4 is 21.7 Å². The number of carboxylic acids is 1. The normalized spacial score (nSPS) is 16.0. The van der Waals surface area contributed by atoms with Gasteiger partial charge in [0.05, 0.1) is 6.04 Å². The second-order valence-electron chi connectivity index (χ2n) is 8.17. The van der Waals surface area contributed by atoms with Crippen LogP contribution in [0.2, 0.25) is 0 Å². The maximum Gasteiger partial charge on any atom is 0.326 e. The highest BCUT2D eigenvalue weighted by Crippen LogP contribution is 2.10. The molecule has 9 heteroatoms. The van der Waals surface area contributed by atoms with Crippen molar-refractivity contribution in [3.63, 3.8) is 0 Å². The van der Waals surface area contributed by atoms with Crippen molar-refractivity contribution in [3.05, 3.63) is 35.9 Å². The van der Waals surface area contributed by atoms with Gasteiger partial charge in [-0.15, -0.1) is 0 Å². The molecule has 0 aromatic heterocycles. The van der Waals surface area contributed by atoms with Crippen molar-refractivity contribution in [2.75, 3.05) is 30.9 Å². The molecule has 0 saturated heterocycles. The summed E-state index contributed by atoms with van der Waals surface area (Å²) in [5.74, 6) is 0.338. The third kappa shape index (κ3) is 11.0. The molecule has 1 amide bonds. The smallest absolute Gasteiger partial charge is 0.326 e. The summed E-state index contributed by atoms with van der Waals surface area (Å²) in [6.45, 7) is 5.52. The van der Waals surface area contributed by atoms with Gasteiger partial charge in [-0.05, 0) is 36.3 Å². The highest BCUT2D eigenvalue weighted by molar-refractivity contribution is 7.98. The van der Waals surface area contributed by atoms with Crippen LogP contribution in [0.1, 0.15) is 32.3 Å². The summed E-state index contributed by atoms with van der Waals surface area (Å²) < 4.78 is 0. The fourth-order valence-electron chi connectivity index (χ4n) is 3.27. The molecule has 1 aromatic rings. The van der Waals surface area contributed by atoms with Crippen LogP contribution in [0.25, 0.3) is 0 Å². The monoisotopic (exact) mass is 484 g/mol. The first kappa shape index (κ1) is 28.8. The molecule has 1 aromatic carbocycles. The van der Waals surface area contributed by atoms with Gasteiger partial charge in [0.25, 0.3) is 0 Å². The van der Waals surface area contributed by atoms with E-state index < -0.39 is 18.1 Å². The van der Waals surface area contributed by atoms with E-state index in [4.69, 9.17) is 5.73 Å². The minimum atomic E-state index is -1.01. The number of carbonyl (C=O) groups is 2. The molecule has 0 saturated carbocycles. The van der Waals surface area contributed by atoms with Crippen molar-refractivity contribution in [3.8, 4) is 0 Å². The van der Waals surface area contributed by atoms with Crippen LogP contribution in [-0.2, 0) is 16.0 Å². The zero-order valence-electron chi connectivity index (χ0n) is 19.4. The average molecular weight is 485 g/mol. The summed E-state index contributed by atoms with van der Waals surface area (Å²) in [6, 6.07) is 8.40. The Bertz CT molecular complexity index is 666. The Morgan fingerprint density at radius 2 is 1.84 bits per heavy atom. The molecular weight excluding hydrogens is 444 g/mol. The largest absolute Gasteiger partial charge is 0.480 e. The van der Waals surface area contributed by atoms with Crippen molar-refractivity contribution >= 4 is 36.3 Å². The predicted molar refractivity (Wildman–Crippen MR) is 138 cm³/mol. The summed E-state index contributed by atoms with van der Waals surface area (Å²) in [5.41, 5.74) is 7.03. The molecular formula is C23H40N4O3S2. The van der Waals surface area contributed by atoms with E-state index in [1.807, 2.05) is 36.6 Å². The summed E-state index contributed by atoms with van der Waals surface area (Å²) >= 11 is 5.81. The zero-order valence-corrected chi connectivity index (χ0v) is 21.1. The Morgan fingerprint density at radius 1 is 1.16 bits per heavy atom. The number of thiol groups is 1. The molecule has 6 N–H and O–H groups in total. The maximum absolute atomic E-state index is 13.1. The summed E-state index contributed by atoms with van der Waals surface area (Å²) in [7, 11) is 0. The van der Waals surface area contributed by atoms with Gasteiger partial charge in [-0.3, -0.25) is 4.79 Å². The lowest BCUT2D eigenvalue weighted by molar-refractivity contribution is -0.142. The van der Waals surface area contributed by atoms with E-state index in [1.54, 1.807) is 11.8 Å². The molecule has 0 bridgehead atoms. The van der Waals surface area contributed by atoms with Crippen molar-refractivity contribution in [1.29, 1.82) is 0 Å². The topological polar surface area (TPSA) is 116 Å². The van der Waals surface area contributed by atoms with Crippen LogP contribution in [-0.4, -0.2) is 72.0 Å². The molecule has 0 fully saturated rings. The number of nitrogens with one attached hydrogen (secondary N) is 3. The van der Waals surface area contributed by atoms with E-state index in [0.29, 0.717) is 43.4 Å². The first-order valence-corrected chi connectivity index (χ1v) is 13.2. The van der Waals surface area contributed by atoms with Gasteiger partial charge in [0.15, 0.2) is 0 Å². The summed E-state index contributed by atoms with van der Waals surface area (Å²) in [4.78, 5) is 24.7. The van der Waals surface area contributed by atoms with Crippen LogP contribution in [0.3, 0.4) is 0 Å². The predicted octanol–water partition coefficient (Wildman–Crippen LogP) is 1.77. The molecule has 1 rings (SSSR count). The zero-order chi connectivity index (χ0) is 23.9. The lowest BCUT2D eigenvalue weighted by Gasteiger charge is -2.29. The lowest BCUT2D eigenvalue weighted by atomic mass is 9.97. The molecule has 0 heterocycles. The molecule has 182 valence electrons. The van der Waals surface area contributed by atoms with Crippen molar-refractivity contribution in [2.45, 2.75) is 57.3 Å². The second-order valence-corrected chi connectivity index (χ2v) is 9.53. The van der Waals surface area contributed by atoms with Gasteiger partial charge in [-0.1, -0.05) is 50.6 Å². The average Bonchev–Trinajstić information content (AvgIpc) is 2.80. The Hall–Kier alpha value is -1.26. The number of carbonyl (C=O) groups excluding carboxylic acids is 1. The second kappa shape index (κ2) is 16.4. The Kier molecular flexibility index (Phi) is 14.7. The number of hydrogen-bond donors (Lipinski definition) is 6. The molecule has 0 aliphatic heterocycles. The standard InChI is InChI=1S/C23H40N4O3S2/c1-4-16(2)21(25-13-18(24)15-31)14-26-20(12-17-8-6-5-7-9-17)22(28)27-19(23(29)30)10-11-32-3/h5-9,16,18-21,25-26,31H,4,10-15,24H2,1-3H3,(H,27,28)(H,29,30)/t16?,18?,19-,20-,21+/m0/s1. The highest BCUT2D eigenvalue weighted by Gasteiger charge is 2.26. The third-order valence-corrected chi connectivity index (χ3v) is 6.73. The molecule has 5 atom stereocenters. The molecule has 2 unspecified atom stereocenters. The van der Waals surface area contributed by atoms with Gasteiger partial charge in [0.1, 0.15) is 6.04 Å². The van der Waals surface area contributed by atoms with Gasteiger partial charge < -0.3 is 26.8 Å². The van der Waals surface area contributed by atoms with Gasteiger partial charge in [-0.2, -0.15) is 24.4 Å². The Morgan fingerprint density at radius 3 is 2.41 bits per heavy atom. The number of carboxylic acid groups (broad SMARTS) is 1. The van der Waals surface area contributed by atoms with Crippen molar-refractivity contribution in [1.82, 2.24) is 16.0 Å². The van der Waals surface area contributed by atoms with Gasteiger partial charge in [-0.25, -0.2) is 4.79 Å². The van der Waals surface area contributed by atoms with Gasteiger partial charge in [0.2, 0.25) is 5.91 Å².